The molecule has 0 aromatic heterocycles. The van der Waals surface area contributed by atoms with Crippen LogP contribution in [0.5, 0.6) is 0 Å². The summed E-state index contributed by atoms with van der Waals surface area (Å²) < 4.78 is 0.690. The molecule has 2 rings (SSSR count). The van der Waals surface area contributed by atoms with Crippen LogP contribution in [0.1, 0.15) is 12.8 Å². The van der Waals surface area contributed by atoms with Crippen LogP contribution in [-0.2, 0) is 9.59 Å². The summed E-state index contributed by atoms with van der Waals surface area (Å²) in [6, 6.07) is 0. The molecule has 0 radical (unpaired) electrons. The minimum atomic E-state index is -1.03. The van der Waals surface area contributed by atoms with Gasteiger partial charge in [-0.25, -0.2) is 4.79 Å². The fraction of sp³-hybridized carbons (Fsp3) is 0.500. The largest absolute Gasteiger partial charge is 0.477 e. The molecule has 2 N–H and O–H groups in total. The topological polar surface area (TPSA) is 69.6 Å². The van der Waals surface area contributed by atoms with Crippen LogP contribution in [0, 0.1) is 0 Å². The number of thiocarbonyl (C=S) groups is 1. The van der Waals surface area contributed by atoms with Gasteiger partial charge < -0.3 is 10.4 Å². The monoisotopic (exact) mass is 304 g/mol. The molecule has 2 aliphatic rings. The molecule has 18 heavy (non-hydrogen) atoms. The second kappa shape index (κ2) is 5.50. The molecule has 0 aromatic carbocycles. The van der Waals surface area contributed by atoms with Crippen LogP contribution in [0.15, 0.2) is 10.6 Å². The Balaban J connectivity index is 2.00. The number of nitrogens with zero attached hydrogens (tertiary/aromatic N) is 1. The molecule has 1 amide bonds. The van der Waals surface area contributed by atoms with E-state index in [9.17, 15) is 9.59 Å². The van der Waals surface area contributed by atoms with Crippen molar-refractivity contribution in [1.29, 1.82) is 0 Å². The average molecular weight is 304 g/mol. The normalized spacial score (nSPS) is 21.7. The van der Waals surface area contributed by atoms with Gasteiger partial charge in [-0.05, 0) is 12.7 Å². The van der Waals surface area contributed by atoms with Crippen molar-refractivity contribution in [1.82, 2.24) is 10.2 Å². The summed E-state index contributed by atoms with van der Waals surface area (Å²) in [6.45, 7) is 0.591. The Morgan fingerprint density at radius 2 is 2.44 bits per heavy atom. The predicted molar refractivity (Wildman–Crippen MR) is 76.2 cm³/mol. The number of carboxylic acid groups (broad SMARTS) is 1. The summed E-state index contributed by atoms with van der Waals surface area (Å²) in [5.74, 6) is -1.13. The van der Waals surface area contributed by atoms with Gasteiger partial charge in [0.2, 0.25) is 5.91 Å². The molecular formula is C10H12N2O3S3. The molecule has 2 aliphatic heterocycles. The van der Waals surface area contributed by atoms with E-state index in [4.69, 9.17) is 17.3 Å². The summed E-state index contributed by atoms with van der Waals surface area (Å²) in [7, 11) is 0. The third-order valence-corrected chi connectivity index (χ3v) is 5.19. The SMILES string of the molecule is CSC(=S)NCCC1=C(C(=O)O)N2C(=O)C[C@@H]2S1. The van der Waals surface area contributed by atoms with Gasteiger partial charge in [0.05, 0.1) is 11.8 Å². The van der Waals surface area contributed by atoms with Crippen LogP contribution in [0.2, 0.25) is 0 Å². The maximum absolute atomic E-state index is 11.4. The number of nitrogens with one attached hydrogen (secondary N) is 1. The Morgan fingerprint density at radius 1 is 1.72 bits per heavy atom. The number of rotatable bonds is 4. The first kappa shape index (κ1) is 13.7. The molecule has 2 heterocycles. The molecule has 5 nitrogen and oxygen atoms in total. The summed E-state index contributed by atoms with van der Waals surface area (Å²) in [4.78, 5) is 24.7. The van der Waals surface area contributed by atoms with Gasteiger partial charge in [0, 0.05) is 11.4 Å². The van der Waals surface area contributed by atoms with Gasteiger partial charge in [0.1, 0.15) is 10.0 Å². The highest BCUT2D eigenvalue weighted by molar-refractivity contribution is 8.22. The zero-order valence-corrected chi connectivity index (χ0v) is 12.1. The summed E-state index contributed by atoms with van der Waals surface area (Å²) in [5, 5.41) is 12.2. The highest BCUT2D eigenvalue weighted by Gasteiger charge is 2.47. The lowest BCUT2D eigenvalue weighted by Crippen LogP contribution is -2.48. The molecule has 0 bridgehead atoms. The molecule has 0 aliphatic carbocycles. The van der Waals surface area contributed by atoms with E-state index in [0.29, 0.717) is 23.7 Å². The Kier molecular flexibility index (Phi) is 4.18. The lowest BCUT2D eigenvalue weighted by Gasteiger charge is -2.33. The smallest absolute Gasteiger partial charge is 0.353 e. The molecule has 0 saturated carbocycles. The van der Waals surface area contributed by atoms with Crippen molar-refractivity contribution < 1.29 is 14.7 Å². The zero-order valence-electron chi connectivity index (χ0n) is 9.63. The first-order valence-corrected chi connectivity index (χ1v) is 7.83. The van der Waals surface area contributed by atoms with Crippen molar-refractivity contribution in [3.05, 3.63) is 10.6 Å². The fourth-order valence-corrected chi connectivity index (χ4v) is 3.60. The van der Waals surface area contributed by atoms with Crippen LogP contribution in [0.3, 0.4) is 0 Å². The Labute approximate surface area is 118 Å². The summed E-state index contributed by atoms with van der Waals surface area (Å²) in [6.07, 6.45) is 2.89. The molecule has 1 saturated heterocycles. The lowest BCUT2D eigenvalue weighted by molar-refractivity contribution is -0.145. The standard InChI is InChI=1S/C10H12N2O3S3/c1-17-10(16)11-3-2-5-8(9(14)15)12-6(13)4-7(12)18-5/h7H,2-4H2,1H3,(H,11,16)(H,14,15)/t7-/m0/s1. The molecule has 98 valence electrons. The fourth-order valence-electron chi connectivity index (χ4n) is 1.85. The van der Waals surface area contributed by atoms with Crippen LogP contribution >= 0.6 is 35.7 Å². The lowest BCUT2D eigenvalue weighted by atomic mass is 10.1. The number of aliphatic carboxylic acids is 1. The van der Waals surface area contributed by atoms with Crippen molar-refractivity contribution in [2.45, 2.75) is 18.2 Å². The van der Waals surface area contributed by atoms with Gasteiger partial charge in [0.25, 0.3) is 0 Å². The van der Waals surface area contributed by atoms with Crippen molar-refractivity contribution in [2.75, 3.05) is 12.8 Å². The summed E-state index contributed by atoms with van der Waals surface area (Å²) in [5.41, 5.74) is 0.151. The van der Waals surface area contributed by atoms with Crippen molar-refractivity contribution in [2.24, 2.45) is 0 Å². The van der Waals surface area contributed by atoms with E-state index >= 15 is 0 Å². The highest BCUT2D eigenvalue weighted by atomic mass is 32.2. The van der Waals surface area contributed by atoms with E-state index in [0.717, 1.165) is 4.91 Å². The number of carbonyl (C=O) groups is 2. The second-order valence-corrected chi connectivity index (χ2v) is 6.54. The Hall–Kier alpha value is -0.730. The first-order chi connectivity index (χ1) is 8.54. The molecular weight excluding hydrogens is 292 g/mol. The minimum absolute atomic E-state index is 0.00824. The van der Waals surface area contributed by atoms with Gasteiger partial charge in [-0.2, -0.15) is 0 Å². The van der Waals surface area contributed by atoms with E-state index in [2.05, 4.69) is 5.32 Å². The number of β-lactam (4-membered cyclic amide) rings is 1. The van der Waals surface area contributed by atoms with Crippen molar-refractivity contribution in [3.8, 4) is 0 Å². The van der Waals surface area contributed by atoms with Gasteiger partial charge in [-0.15, -0.1) is 23.5 Å². The average Bonchev–Trinajstić information content (AvgIpc) is 2.61. The van der Waals surface area contributed by atoms with E-state index < -0.39 is 5.97 Å². The van der Waals surface area contributed by atoms with Gasteiger partial charge in [0.15, 0.2) is 0 Å². The number of thioether (sulfide) groups is 2. The van der Waals surface area contributed by atoms with Crippen LogP contribution in [0.4, 0.5) is 0 Å². The highest BCUT2D eigenvalue weighted by Crippen LogP contribution is 2.47. The number of fused-ring (bicyclic) bond motifs is 1. The summed E-state index contributed by atoms with van der Waals surface area (Å²) >= 11 is 7.92. The van der Waals surface area contributed by atoms with Gasteiger partial charge in [-0.1, -0.05) is 12.2 Å². The van der Waals surface area contributed by atoms with E-state index in [1.807, 2.05) is 6.26 Å². The maximum Gasteiger partial charge on any atom is 0.353 e. The second-order valence-electron chi connectivity index (χ2n) is 3.79. The van der Waals surface area contributed by atoms with Crippen molar-refractivity contribution in [3.63, 3.8) is 0 Å². The quantitative estimate of drug-likeness (QED) is 0.597. The molecule has 1 atom stereocenters. The zero-order chi connectivity index (χ0) is 13.3. The maximum atomic E-state index is 11.4. The Morgan fingerprint density at radius 3 is 3.00 bits per heavy atom. The van der Waals surface area contributed by atoms with E-state index in [1.165, 1.54) is 28.4 Å². The van der Waals surface area contributed by atoms with E-state index in [-0.39, 0.29) is 17.0 Å². The number of carbonyl (C=O) groups excluding carboxylic acids is 1. The molecule has 1 fully saturated rings. The van der Waals surface area contributed by atoms with Crippen LogP contribution in [-0.4, -0.2) is 44.4 Å². The number of amides is 1. The Bertz CT molecular complexity index is 450. The van der Waals surface area contributed by atoms with Crippen molar-refractivity contribution >= 4 is 51.9 Å². The molecule has 8 heteroatoms. The third-order valence-electron chi connectivity index (χ3n) is 2.70. The van der Waals surface area contributed by atoms with Gasteiger partial charge in [-0.3, -0.25) is 9.69 Å². The third kappa shape index (κ3) is 2.50. The predicted octanol–water partition coefficient (Wildman–Crippen LogP) is 1.22. The van der Waals surface area contributed by atoms with Crippen LogP contribution in [0.25, 0.3) is 0 Å². The number of carboxylic acids is 1. The number of hydrogen-bond acceptors (Lipinski definition) is 5. The molecule has 0 spiro atoms. The first-order valence-electron chi connectivity index (χ1n) is 5.31. The molecule has 0 unspecified atom stereocenters. The van der Waals surface area contributed by atoms with Crippen LogP contribution < -0.4 is 5.32 Å². The number of hydrogen-bond donors (Lipinski definition) is 2. The molecule has 0 aromatic rings. The minimum Gasteiger partial charge on any atom is -0.477 e. The van der Waals surface area contributed by atoms with E-state index in [1.54, 1.807) is 0 Å². The van der Waals surface area contributed by atoms with Gasteiger partial charge >= 0.3 is 5.97 Å².